The molecule has 1 saturated heterocycles. The molecule has 0 spiro atoms. The fourth-order valence-corrected chi connectivity index (χ4v) is 2.25. The first-order valence-corrected chi connectivity index (χ1v) is 6.88. The Kier molecular flexibility index (Phi) is 4.97. The van der Waals surface area contributed by atoms with E-state index < -0.39 is 23.9 Å². The number of ether oxygens (including phenoxy) is 1. The van der Waals surface area contributed by atoms with Crippen molar-refractivity contribution in [2.24, 2.45) is 0 Å². The summed E-state index contributed by atoms with van der Waals surface area (Å²) < 4.78 is 43.3. The highest BCUT2D eigenvalue weighted by atomic mass is 19.4. The number of amides is 3. The average Bonchev–Trinajstić information content (AvgIpc) is 2.53. The topological polar surface area (TPSA) is 61.9 Å². The number of nitrogens with one attached hydrogen (secondary N) is 1. The number of nitrogens with zero attached hydrogens (tertiary/aromatic N) is 2. The SMILES string of the molecule is COC(=O)N1CCN(C(=O)Nc2ccccc2C(F)(F)F)CC1. The Morgan fingerprint density at radius 1 is 1.09 bits per heavy atom. The Balaban J connectivity index is 2.00. The van der Waals surface area contributed by atoms with Gasteiger partial charge in [-0.15, -0.1) is 0 Å². The third-order valence-electron chi connectivity index (χ3n) is 3.47. The van der Waals surface area contributed by atoms with Crippen molar-refractivity contribution in [1.82, 2.24) is 9.80 Å². The Morgan fingerprint density at radius 3 is 2.22 bits per heavy atom. The molecule has 1 aliphatic rings. The van der Waals surface area contributed by atoms with Crippen LogP contribution in [0, 0.1) is 0 Å². The highest BCUT2D eigenvalue weighted by molar-refractivity contribution is 5.90. The Labute approximate surface area is 130 Å². The lowest BCUT2D eigenvalue weighted by Crippen LogP contribution is -2.51. The number of rotatable bonds is 1. The number of benzene rings is 1. The normalized spacial score (nSPS) is 15.3. The van der Waals surface area contributed by atoms with Crippen LogP contribution in [0.2, 0.25) is 0 Å². The third kappa shape index (κ3) is 4.05. The fourth-order valence-electron chi connectivity index (χ4n) is 2.25. The first-order chi connectivity index (χ1) is 10.8. The number of para-hydroxylation sites is 1. The van der Waals surface area contributed by atoms with E-state index in [1.165, 1.54) is 35.1 Å². The van der Waals surface area contributed by atoms with E-state index in [9.17, 15) is 22.8 Å². The van der Waals surface area contributed by atoms with Crippen molar-refractivity contribution >= 4 is 17.8 Å². The van der Waals surface area contributed by atoms with Gasteiger partial charge in [-0.2, -0.15) is 13.2 Å². The van der Waals surface area contributed by atoms with Gasteiger partial charge in [-0.25, -0.2) is 9.59 Å². The molecule has 1 aromatic rings. The average molecular weight is 331 g/mol. The molecule has 0 aromatic heterocycles. The van der Waals surface area contributed by atoms with Gasteiger partial charge in [-0.05, 0) is 12.1 Å². The second-order valence-corrected chi connectivity index (χ2v) is 4.92. The van der Waals surface area contributed by atoms with Gasteiger partial charge >= 0.3 is 18.3 Å². The number of carbonyl (C=O) groups excluding carboxylic acids is 2. The monoisotopic (exact) mass is 331 g/mol. The minimum Gasteiger partial charge on any atom is -0.453 e. The summed E-state index contributed by atoms with van der Waals surface area (Å²) in [4.78, 5) is 26.2. The van der Waals surface area contributed by atoms with E-state index >= 15 is 0 Å². The smallest absolute Gasteiger partial charge is 0.418 e. The van der Waals surface area contributed by atoms with Crippen molar-refractivity contribution in [1.29, 1.82) is 0 Å². The predicted octanol–water partition coefficient (Wildman–Crippen LogP) is 2.62. The molecule has 0 bridgehead atoms. The molecule has 1 aromatic carbocycles. The predicted molar refractivity (Wildman–Crippen MR) is 76.0 cm³/mol. The summed E-state index contributed by atoms with van der Waals surface area (Å²) in [6.07, 6.45) is -5.04. The fraction of sp³-hybridized carbons (Fsp3) is 0.429. The molecule has 0 atom stereocenters. The second-order valence-electron chi connectivity index (χ2n) is 4.92. The standard InChI is InChI=1S/C14H16F3N3O3/c1-23-13(22)20-8-6-19(7-9-20)12(21)18-11-5-3-2-4-10(11)14(15,16)17/h2-5H,6-9H2,1H3,(H,18,21). The van der Waals surface area contributed by atoms with Crippen LogP contribution in [0.25, 0.3) is 0 Å². The van der Waals surface area contributed by atoms with E-state index in [0.29, 0.717) is 0 Å². The van der Waals surface area contributed by atoms with Crippen molar-refractivity contribution in [2.45, 2.75) is 6.18 Å². The second kappa shape index (κ2) is 6.76. The van der Waals surface area contributed by atoms with E-state index in [4.69, 9.17) is 0 Å². The van der Waals surface area contributed by atoms with Crippen LogP contribution < -0.4 is 5.32 Å². The van der Waals surface area contributed by atoms with E-state index in [1.807, 2.05) is 0 Å². The molecule has 1 fully saturated rings. The molecule has 0 radical (unpaired) electrons. The number of carbonyl (C=O) groups is 2. The Hall–Kier alpha value is -2.45. The van der Waals surface area contributed by atoms with E-state index in [0.717, 1.165) is 6.07 Å². The lowest BCUT2D eigenvalue weighted by Gasteiger charge is -2.33. The van der Waals surface area contributed by atoms with E-state index in [1.54, 1.807) is 0 Å². The Morgan fingerprint density at radius 2 is 1.65 bits per heavy atom. The van der Waals surface area contributed by atoms with Crippen molar-refractivity contribution < 1.29 is 27.5 Å². The molecule has 0 unspecified atom stereocenters. The largest absolute Gasteiger partial charge is 0.453 e. The van der Waals surface area contributed by atoms with Gasteiger partial charge < -0.3 is 19.9 Å². The minimum atomic E-state index is -4.55. The molecule has 23 heavy (non-hydrogen) atoms. The van der Waals surface area contributed by atoms with Gasteiger partial charge in [0.1, 0.15) is 0 Å². The molecule has 0 saturated carbocycles. The van der Waals surface area contributed by atoms with Crippen molar-refractivity contribution in [3.05, 3.63) is 29.8 Å². The molecular weight excluding hydrogens is 315 g/mol. The summed E-state index contributed by atoms with van der Waals surface area (Å²) in [6, 6.07) is 4.15. The molecule has 1 heterocycles. The summed E-state index contributed by atoms with van der Waals surface area (Å²) in [5, 5.41) is 2.28. The number of hydrogen-bond donors (Lipinski definition) is 1. The number of halogens is 3. The maximum atomic E-state index is 12.9. The van der Waals surface area contributed by atoms with Crippen LogP contribution in [-0.2, 0) is 10.9 Å². The maximum Gasteiger partial charge on any atom is 0.418 e. The van der Waals surface area contributed by atoms with Crippen LogP contribution in [0.1, 0.15) is 5.56 Å². The molecule has 126 valence electrons. The van der Waals surface area contributed by atoms with Crippen LogP contribution in [-0.4, -0.2) is 55.2 Å². The maximum absolute atomic E-state index is 12.9. The number of methoxy groups -OCH3 is 1. The van der Waals surface area contributed by atoms with Crippen LogP contribution >= 0.6 is 0 Å². The quantitative estimate of drug-likeness (QED) is 0.860. The van der Waals surface area contributed by atoms with Gasteiger partial charge in [0.05, 0.1) is 18.4 Å². The van der Waals surface area contributed by atoms with Crippen LogP contribution in [0.4, 0.5) is 28.4 Å². The number of urea groups is 1. The minimum absolute atomic E-state index is 0.217. The molecule has 0 aliphatic carbocycles. The molecule has 1 N–H and O–H groups in total. The zero-order valence-electron chi connectivity index (χ0n) is 12.4. The molecular formula is C14H16F3N3O3. The summed E-state index contributed by atoms with van der Waals surface area (Å²) in [7, 11) is 1.26. The summed E-state index contributed by atoms with van der Waals surface area (Å²) >= 11 is 0. The van der Waals surface area contributed by atoms with Crippen LogP contribution in [0.15, 0.2) is 24.3 Å². The molecule has 6 nitrogen and oxygen atoms in total. The number of hydrogen-bond acceptors (Lipinski definition) is 3. The van der Waals surface area contributed by atoms with Crippen molar-refractivity contribution in [3.63, 3.8) is 0 Å². The van der Waals surface area contributed by atoms with E-state index in [-0.39, 0.29) is 31.9 Å². The highest BCUT2D eigenvalue weighted by Gasteiger charge is 2.34. The zero-order chi connectivity index (χ0) is 17.0. The van der Waals surface area contributed by atoms with Crippen LogP contribution in [0.5, 0.6) is 0 Å². The van der Waals surface area contributed by atoms with Crippen molar-refractivity contribution in [3.8, 4) is 0 Å². The zero-order valence-corrected chi connectivity index (χ0v) is 12.4. The summed E-state index contributed by atoms with van der Waals surface area (Å²) in [5.74, 6) is 0. The van der Waals surface area contributed by atoms with Gasteiger partial charge in [0.25, 0.3) is 0 Å². The van der Waals surface area contributed by atoms with Gasteiger partial charge in [0, 0.05) is 26.2 Å². The van der Waals surface area contributed by atoms with E-state index in [2.05, 4.69) is 10.1 Å². The first-order valence-electron chi connectivity index (χ1n) is 6.88. The van der Waals surface area contributed by atoms with Gasteiger partial charge in [0.15, 0.2) is 0 Å². The molecule has 9 heteroatoms. The highest BCUT2D eigenvalue weighted by Crippen LogP contribution is 2.34. The third-order valence-corrected chi connectivity index (χ3v) is 3.47. The number of alkyl halides is 3. The molecule has 3 amide bonds. The lowest BCUT2D eigenvalue weighted by molar-refractivity contribution is -0.136. The lowest BCUT2D eigenvalue weighted by atomic mass is 10.1. The van der Waals surface area contributed by atoms with Crippen molar-refractivity contribution in [2.75, 3.05) is 38.6 Å². The number of anilines is 1. The Bertz CT molecular complexity index is 584. The van der Waals surface area contributed by atoms with Gasteiger partial charge in [0.2, 0.25) is 0 Å². The van der Waals surface area contributed by atoms with Gasteiger partial charge in [-0.1, -0.05) is 12.1 Å². The van der Waals surface area contributed by atoms with Gasteiger partial charge in [-0.3, -0.25) is 0 Å². The molecule has 2 rings (SSSR count). The molecule has 1 aliphatic heterocycles. The first kappa shape index (κ1) is 16.9. The van der Waals surface area contributed by atoms with Crippen LogP contribution in [0.3, 0.4) is 0 Å². The summed E-state index contributed by atoms with van der Waals surface area (Å²) in [6.45, 7) is 0.965. The summed E-state index contributed by atoms with van der Waals surface area (Å²) in [5.41, 5.74) is -1.19. The number of piperazine rings is 1.